The van der Waals surface area contributed by atoms with Crippen LogP contribution in [0.4, 0.5) is 0 Å². The van der Waals surface area contributed by atoms with Crippen LogP contribution in [0.25, 0.3) is 16.4 Å². The number of aryl methyl sites for hydroxylation is 3. The van der Waals surface area contributed by atoms with Crippen LogP contribution in [0.3, 0.4) is 0 Å². The Bertz CT molecular complexity index is 1270. The third-order valence-corrected chi connectivity index (χ3v) is 6.61. The van der Waals surface area contributed by atoms with E-state index in [1.165, 1.54) is 22.5 Å². The number of ether oxygens (including phenoxy) is 1. The summed E-state index contributed by atoms with van der Waals surface area (Å²) < 4.78 is 6.98. The first-order valence-electron chi connectivity index (χ1n) is 10.3. The zero-order chi connectivity index (χ0) is 22.8. The third kappa shape index (κ3) is 4.27. The number of aromatic nitrogens is 4. The molecular weight excluding hydrogens is 422 g/mol. The van der Waals surface area contributed by atoms with Gasteiger partial charge in [0.1, 0.15) is 21.3 Å². The number of methoxy groups -OCH3 is 1. The van der Waals surface area contributed by atoms with Gasteiger partial charge >= 0.3 is 0 Å². The first kappa shape index (κ1) is 21.7. The summed E-state index contributed by atoms with van der Waals surface area (Å²) in [6.45, 7) is 8.39. The molecule has 0 fully saturated rings. The van der Waals surface area contributed by atoms with Crippen LogP contribution in [0.5, 0.6) is 5.75 Å². The molecule has 2 heterocycles. The summed E-state index contributed by atoms with van der Waals surface area (Å²) in [4.78, 5) is 18.0. The van der Waals surface area contributed by atoms with Crippen molar-refractivity contribution in [2.24, 2.45) is 0 Å². The van der Waals surface area contributed by atoms with Gasteiger partial charge in [-0.25, -0.2) is 9.67 Å². The van der Waals surface area contributed by atoms with Crippen LogP contribution in [0.15, 0.2) is 42.5 Å². The van der Waals surface area contributed by atoms with Gasteiger partial charge in [0.2, 0.25) is 0 Å². The maximum atomic E-state index is 12.8. The monoisotopic (exact) mass is 447 g/mol. The largest absolute Gasteiger partial charge is 0.497 e. The molecule has 8 heteroatoms. The second-order valence-corrected chi connectivity index (χ2v) is 8.67. The second-order valence-electron chi connectivity index (χ2n) is 7.67. The summed E-state index contributed by atoms with van der Waals surface area (Å²) in [5.74, 6) is 0.633. The van der Waals surface area contributed by atoms with E-state index in [9.17, 15) is 4.79 Å². The molecule has 2 aromatic carbocycles. The van der Waals surface area contributed by atoms with Crippen molar-refractivity contribution in [1.29, 1.82) is 0 Å². The molecule has 2 aromatic heterocycles. The smallest absolute Gasteiger partial charge is 0.263 e. The maximum absolute atomic E-state index is 12.8. The van der Waals surface area contributed by atoms with Gasteiger partial charge in [-0.1, -0.05) is 23.4 Å². The van der Waals surface area contributed by atoms with Crippen molar-refractivity contribution in [2.45, 2.75) is 34.2 Å². The van der Waals surface area contributed by atoms with Crippen molar-refractivity contribution in [1.82, 2.24) is 25.3 Å². The first-order chi connectivity index (χ1) is 15.4. The van der Waals surface area contributed by atoms with Crippen molar-refractivity contribution in [2.75, 3.05) is 7.11 Å². The SMILES string of the molecule is COc1ccc(CNC(=O)c2sc(-c3nnn(-c4ccc(C)c(C)c4)c3C)nc2C)cc1. The van der Waals surface area contributed by atoms with Gasteiger partial charge in [-0.3, -0.25) is 4.79 Å². The van der Waals surface area contributed by atoms with Crippen molar-refractivity contribution in [3.63, 3.8) is 0 Å². The fourth-order valence-corrected chi connectivity index (χ4v) is 4.36. The summed E-state index contributed by atoms with van der Waals surface area (Å²) in [5, 5.41) is 12.3. The van der Waals surface area contributed by atoms with Gasteiger partial charge in [-0.2, -0.15) is 0 Å². The minimum atomic E-state index is -0.152. The molecule has 0 aliphatic carbocycles. The van der Waals surface area contributed by atoms with Crippen LogP contribution in [-0.4, -0.2) is 33.0 Å². The zero-order valence-electron chi connectivity index (χ0n) is 18.8. The van der Waals surface area contributed by atoms with Gasteiger partial charge in [0.05, 0.1) is 24.2 Å². The number of hydrogen-bond acceptors (Lipinski definition) is 6. The number of thiazole rings is 1. The molecule has 0 saturated carbocycles. The van der Waals surface area contributed by atoms with Gasteiger partial charge in [0.15, 0.2) is 0 Å². The van der Waals surface area contributed by atoms with Crippen LogP contribution in [0.2, 0.25) is 0 Å². The molecule has 32 heavy (non-hydrogen) atoms. The van der Waals surface area contributed by atoms with E-state index >= 15 is 0 Å². The predicted octanol–water partition coefficient (Wildman–Crippen LogP) is 4.56. The minimum absolute atomic E-state index is 0.152. The van der Waals surface area contributed by atoms with Crippen LogP contribution >= 0.6 is 11.3 Å². The molecule has 0 saturated heterocycles. The van der Waals surface area contributed by atoms with Gasteiger partial charge in [-0.05, 0) is 68.7 Å². The highest BCUT2D eigenvalue weighted by molar-refractivity contribution is 7.17. The second kappa shape index (κ2) is 8.92. The number of rotatable bonds is 6. The van der Waals surface area contributed by atoms with Crippen molar-refractivity contribution < 1.29 is 9.53 Å². The van der Waals surface area contributed by atoms with E-state index in [2.05, 4.69) is 46.6 Å². The van der Waals surface area contributed by atoms with Crippen molar-refractivity contribution >= 4 is 17.2 Å². The van der Waals surface area contributed by atoms with Crippen LogP contribution in [-0.2, 0) is 6.54 Å². The average Bonchev–Trinajstić information content (AvgIpc) is 3.36. The first-order valence-corrected chi connectivity index (χ1v) is 11.1. The molecule has 0 aliphatic heterocycles. The highest BCUT2D eigenvalue weighted by atomic mass is 32.1. The minimum Gasteiger partial charge on any atom is -0.497 e. The fourth-order valence-electron chi connectivity index (χ4n) is 3.34. The summed E-state index contributed by atoms with van der Waals surface area (Å²) in [6, 6.07) is 13.8. The van der Waals surface area contributed by atoms with E-state index in [-0.39, 0.29) is 5.91 Å². The predicted molar refractivity (Wildman–Crippen MR) is 126 cm³/mol. The molecule has 0 atom stereocenters. The van der Waals surface area contributed by atoms with E-state index in [0.717, 1.165) is 22.7 Å². The van der Waals surface area contributed by atoms with Crippen molar-refractivity contribution in [3.05, 3.63) is 75.4 Å². The average molecular weight is 448 g/mol. The lowest BCUT2D eigenvalue weighted by molar-refractivity contribution is 0.0954. The highest BCUT2D eigenvalue weighted by Gasteiger charge is 2.20. The van der Waals surface area contributed by atoms with Crippen LogP contribution < -0.4 is 10.1 Å². The standard InChI is InChI=1S/C24H25N5O2S/c1-14-6-9-19(12-15(14)2)29-17(4)21(27-28-29)24-26-16(3)22(32-24)23(30)25-13-18-7-10-20(31-5)11-8-18/h6-12H,13H2,1-5H3,(H,25,30). The Morgan fingerprint density at radius 2 is 1.81 bits per heavy atom. The number of nitrogens with zero attached hydrogens (tertiary/aromatic N) is 4. The molecule has 0 radical (unpaired) electrons. The molecule has 164 valence electrons. The van der Waals surface area contributed by atoms with Crippen LogP contribution in [0, 0.1) is 27.7 Å². The Labute approximate surface area is 191 Å². The van der Waals surface area contributed by atoms with Gasteiger partial charge in [-0.15, -0.1) is 16.4 Å². The highest BCUT2D eigenvalue weighted by Crippen LogP contribution is 2.29. The Morgan fingerprint density at radius 1 is 1.06 bits per heavy atom. The summed E-state index contributed by atoms with van der Waals surface area (Å²) in [7, 11) is 1.63. The zero-order valence-corrected chi connectivity index (χ0v) is 19.6. The molecule has 4 rings (SSSR count). The molecule has 7 nitrogen and oxygen atoms in total. The number of carbonyl (C=O) groups excluding carboxylic acids is 1. The number of hydrogen-bond donors (Lipinski definition) is 1. The fraction of sp³-hybridized carbons (Fsp3) is 0.250. The maximum Gasteiger partial charge on any atom is 0.263 e. The van der Waals surface area contributed by atoms with E-state index in [4.69, 9.17) is 4.74 Å². The Hall–Kier alpha value is -3.52. The quantitative estimate of drug-likeness (QED) is 0.468. The van der Waals surface area contributed by atoms with E-state index in [1.807, 2.05) is 48.9 Å². The van der Waals surface area contributed by atoms with E-state index < -0.39 is 0 Å². The summed E-state index contributed by atoms with van der Waals surface area (Å²) in [6.07, 6.45) is 0. The van der Waals surface area contributed by atoms with Crippen molar-refractivity contribution in [3.8, 4) is 22.1 Å². The molecule has 0 aliphatic rings. The Balaban J connectivity index is 1.53. The lowest BCUT2D eigenvalue weighted by Gasteiger charge is -2.06. The number of nitrogens with one attached hydrogen (secondary N) is 1. The van der Waals surface area contributed by atoms with E-state index in [1.54, 1.807) is 7.11 Å². The lowest BCUT2D eigenvalue weighted by Crippen LogP contribution is -2.22. The lowest BCUT2D eigenvalue weighted by atomic mass is 10.1. The number of benzene rings is 2. The van der Waals surface area contributed by atoms with Gasteiger partial charge < -0.3 is 10.1 Å². The van der Waals surface area contributed by atoms with E-state index in [0.29, 0.717) is 27.8 Å². The topological polar surface area (TPSA) is 81.9 Å². The Morgan fingerprint density at radius 3 is 2.50 bits per heavy atom. The van der Waals surface area contributed by atoms with Gasteiger partial charge in [0, 0.05) is 6.54 Å². The Kier molecular flexibility index (Phi) is 6.05. The summed E-state index contributed by atoms with van der Waals surface area (Å²) in [5.41, 5.74) is 6.62. The number of carbonyl (C=O) groups is 1. The molecule has 1 N–H and O–H groups in total. The van der Waals surface area contributed by atoms with Gasteiger partial charge in [0.25, 0.3) is 5.91 Å². The number of amides is 1. The molecule has 4 aromatic rings. The normalized spacial score (nSPS) is 10.9. The molecule has 0 spiro atoms. The molecule has 0 bridgehead atoms. The van der Waals surface area contributed by atoms with Crippen LogP contribution in [0.1, 0.15) is 37.7 Å². The molecule has 1 amide bonds. The summed E-state index contributed by atoms with van der Waals surface area (Å²) >= 11 is 1.33. The molecule has 0 unspecified atom stereocenters. The third-order valence-electron chi connectivity index (χ3n) is 5.45. The molecular formula is C24H25N5O2S.